The molecule has 1 aliphatic rings. The topological polar surface area (TPSA) is 48.5 Å². The molecular weight excluding hydrogens is 404 g/mol. The average Bonchev–Trinajstić information content (AvgIpc) is 3.12. The number of nitrogens with one attached hydrogen (secondary N) is 1. The van der Waals surface area contributed by atoms with Gasteiger partial charge < -0.3 is 5.32 Å². The third-order valence-electron chi connectivity index (χ3n) is 5.28. The molecule has 0 saturated carbocycles. The van der Waals surface area contributed by atoms with Crippen LogP contribution in [0, 0.1) is 0 Å². The highest BCUT2D eigenvalue weighted by Gasteiger charge is 2.21. The molecule has 0 aliphatic carbocycles. The molecule has 0 unspecified atom stereocenters. The van der Waals surface area contributed by atoms with Crippen LogP contribution in [0.3, 0.4) is 0 Å². The largest absolute Gasteiger partial charge is 0.348 e. The van der Waals surface area contributed by atoms with Gasteiger partial charge in [-0.05, 0) is 30.7 Å². The maximum atomic E-state index is 12.5. The van der Waals surface area contributed by atoms with Gasteiger partial charge in [0.25, 0.3) is 0 Å². The summed E-state index contributed by atoms with van der Waals surface area (Å²) in [6.45, 7) is 6.94. The Morgan fingerprint density at radius 2 is 1.79 bits per heavy atom. The minimum absolute atomic E-state index is 0.0389. The maximum Gasteiger partial charge on any atom is 0.234 e. The highest BCUT2D eigenvalue weighted by molar-refractivity contribution is 7.18. The van der Waals surface area contributed by atoms with Crippen LogP contribution in [0.25, 0.3) is 10.2 Å². The molecule has 1 aromatic heterocycles. The molecule has 0 bridgehead atoms. The molecule has 1 saturated heterocycles. The van der Waals surface area contributed by atoms with Crippen LogP contribution in [-0.2, 0) is 11.3 Å². The molecule has 152 valence electrons. The first-order valence-electron chi connectivity index (χ1n) is 9.91. The monoisotopic (exact) mass is 428 g/mol. The van der Waals surface area contributed by atoms with Crippen molar-refractivity contribution in [1.82, 2.24) is 20.1 Å². The lowest BCUT2D eigenvalue weighted by Crippen LogP contribution is -2.49. The van der Waals surface area contributed by atoms with E-state index in [1.54, 1.807) is 11.3 Å². The second-order valence-corrected chi connectivity index (χ2v) is 8.96. The van der Waals surface area contributed by atoms with E-state index in [1.165, 1.54) is 4.70 Å². The van der Waals surface area contributed by atoms with Crippen molar-refractivity contribution in [2.45, 2.75) is 19.5 Å². The van der Waals surface area contributed by atoms with Gasteiger partial charge in [-0.15, -0.1) is 11.3 Å². The van der Waals surface area contributed by atoms with Crippen LogP contribution in [0.2, 0.25) is 5.02 Å². The van der Waals surface area contributed by atoms with Crippen LogP contribution in [0.15, 0.2) is 48.5 Å². The van der Waals surface area contributed by atoms with Gasteiger partial charge in [0, 0.05) is 31.2 Å². The number of benzene rings is 2. The summed E-state index contributed by atoms with van der Waals surface area (Å²) < 4.78 is 1.24. The zero-order chi connectivity index (χ0) is 20.2. The number of nitrogens with zero attached hydrogens (tertiary/aromatic N) is 3. The van der Waals surface area contributed by atoms with Crippen molar-refractivity contribution in [2.24, 2.45) is 0 Å². The molecule has 2 aromatic carbocycles. The molecule has 1 atom stereocenters. The van der Waals surface area contributed by atoms with Gasteiger partial charge in [-0.3, -0.25) is 14.6 Å². The second kappa shape index (κ2) is 9.22. The second-order valence-electron chi connectivity index (χ2n) is 7.44. The number of aromatic nitrogens is 1. The van der Waals surface area contributed by atoms with Crippen molar-refractivity contribution in [3.8, 4) is 0 Å². The van der Waals surface area contributed by atoms with Crippen LogP contribution in [-0.4, -0.2) is 53.4 Å². The predicted octanol–water partition coefficient (Wildman–Crippen LogP) is 3.94. The van der Waals surface area contributed by atoms with Crippen LogP contribution in [0.1, 0.15) is 23.5 Å². The molecule has 7 heteroatoms. The lowest BCUT2D eigenvalue weighted by molar-refractivity contribution is -0.123. The van der Waals surface area contributed by atoms with E-state index in [2.05, 4.69) is 33.3 Å². The molecule has 1 fully saturated rings. The Bertz CT molecular complexity index is 951. The third-order valence-corrected chi connectivity index (χ3v) is 6.64. The van der Waals surface area contributed by atoms with E-state index in [9.17, 15) is 4.79 Å². The summed E-state index contributed by atoms with van der Waals surface area (Å²) in [4.78, 5) is 21.8. The number of piperazine rings is 1. The Hall–Kier alpha value is -1.99. The summed E-state index contributed by atoms with van der Waals surface area (Å²) in [6, 6.07) is 15.8. The van der Waals surface area contributed by atoms with Gasteiger partial charge in [0.1, 0.15) is 5.01 Å². The first kappa shape index (κ1) is 20.3. The Labute approximate surface area is 180 Å². The maximum absolute atomic E-state index is 12.5. The van der Waals surface area contributed by atoms with Crippen LogP contribution in [0.5, 0.6) is 0 Å². The number of thiazole rings is 1. The SMILES string of the molecule is C[C@H](NC(=O)CN1CCN(Cc2nc3ccccc3s2)CC1)c1ccccc1Cl. The quantitative estimate of drug-likeness (QED) is 0.646. The van der Waals surface area contributed by atoms with E-state index >= 15 is 0 Å². The van der Waals surface area contributed by atoms with Gasteiger partial charge in [0.15, 0.2) is 0 Å². The lowest BCUT2D eigenvalue weighted by atomic mass is 10.1. The molecule has 0 radical (unpaired) electrons. The Morgan fingerprint density at radius 1 is 1.10 bits per heavy atom. The Balaban J connectivity index is 1.24. The minimum Gasteiger partial charge on any atom is -0.348 e. The molecular formula is C22H25ClN4OS. The number of rotatable bonds is 6. The number of amides is 1. The van der Waals surface area contributed by atoms with E-state index in [0.717, 1.165) is 48.8 Å². The Morgan fingerprint density at radius 3 is 2.55 bits per heavy atom. The van der Waals surface area contributed by atoms with Crippen molar-refractivity contribution < 1.29 is 4.79 Å². The van der Waals surface area contributed by atoms with Crippen LogP contribution < -0.4 is 5.32 Å². The van der Waals surface area contributed by atoms with Crippen molar-refractivity contribution in [1.29, 1.82) is 0 Å². The summed E-state index contributed by atoms with van der Waals surface area (Å²) in [5, 5.41) is 4.91. The van der Waals surface area contributed by atoms with E-state index < -0.39 is 0 Å². The number of fused-ring (bicyclic) bond motifs is 1. The van der Waals surface area contributed by atoms with Crippen molar-refractivity contribution in [3.05, 3.63) is 64.1 Å². The molecule has 3 aromatic rings. The summed E-state index contributed by atoms with van der Waals surface area (Å²) >= 11 is 8.00. The molecule has 1 N–H and O–H groups in total. The van der Waals surface area contributed by atoms with Crippen molar-refractivity contribution in [2.75, 3.05) is 32.7 Å². The van der Waals surface area contributed by atoms with Gasteiger partial charge in [-0.25, -0.2) is 4.98 Å². The molecule has 1 amide bonds. The number of carbonyl (C=O) groups is 1. The Kier molecular flexibility index (Phi) is 6.45. The van der Waals surface area contributed by atoms with Crippen molar-refractivity contribution >= 4 is 39.1 Å². The number of hydrogen-bond acceptors (Lipinski definition) is 5. The normalized spacial score (nSPS) is 16.8. The molecule has 29 heavy (non-hydrogen) atoms. The van der Waals surface area contributed by atoms with E-state index in [1.807, 2.05) is 37.3 Å². The summed E-state index contributed by atoms with van der Waals surface area (Å²) in [6.07, 6.45) is 0. The van der Waals surface area contributed by atoms with E-state index in [-0.39, 0.29) is 11.9 Å². The third kappa shape index (κ3) is 5.14. The molecule has 0 spiro atoms. The number of hydrogen-bond donors (Lipinski definition) is 1. The van der Waals surface area contributed by atoms with Crippen molar-refractivity contribution in [3.63, 3.8) is 0 Å². The number of halogens is 1. The van der Waals surface area contributed by atoms with Gasteiger partial charge in [-0.2, -0.15) is 0 Å². The van der Waals surface area contributed by atoms with E-state index in [4.69, 9.17) is 16.6 Å². The molecule has 5 nitrogen and oxygen atoms in total. The van der Waals surface area contributed by atoms with Crippen LogP contribution in [0.4, 0.5) is 0 Å². The first-order valence-corrected chi connectivity index (χ1v) is 11.1. The summed E-state index contributed by atoms with van der Waals surface area (Å²) in [5.41, 5.74) is 2.03. The molecule has 2 heterocycles. The highest BCUT2D eigenvalue weighted by atomic mass is 35.5. The highest BCUT2D eigenvalue weighted by Crippen LogP contribution is 2.23. The van der Waals surface area contributed by atoms with Gasteiger partial charge in [0.2, 0.25) is 5.91 Å². The smallest absolute Gasteiger partial charge is 0.234 e. The van der Waals surface area contributed by atoms with Gasteiger partial charge in [-0.1, -0.05) is 41.9 Å². The number of para-hydroxylation sites is 1. The zero-order valence-corrected chi connectivity index (χ0v) is 18.0. The lowest BCUT2D eigenvalue weighted by Gasteiger charge is -2.34. The average molecular weight is 429 g/mol. The number of carbonyl (C=O) groups excluding carboxylic acids is 1. The van der Waals surface area contributed by atoms with E-state index in [0.29, 0.717) is 11.6 Å². The van der Waals surface area contributed by atoms with Gasteiger partial charge >= 0.3 is 0 Å². The fourth-order valence-electron chi connectivity index (χ4n) is 3.68. The zero-order valence-electron chi connectivity index (χ0n) is 16.5. The fourth-order valence-corrected chi connectivity index (χ4v) is 4.99. The predicted molar refractivity (Wildman–Crippen MR) is 119 cm³/mol. The summed E-state index contributed by atoms with van der Waals surface area (Å²) in [5.74, 6) is 0.0389. The first-order chi connectivity index (χ1) is 14.1. The minimum atomic E-state index is -0.100. The standard InChI is InChI=1S/C22H25ClN4OS/c1-16(17-6-2-3-7-18(17)23)24-21(28)14-26-10-12-27(13-11-26)15-22-25-19-8-4-5-9-20(19)29-22/h2-9,16H,10-15H2,1H3,(H,24,28)/t16-/m0/s1. The van der Waals surface area contributed by atoms with Crippen LogP contribution >= 0.6 is 22.9 Å². The molecule has 4 rings (SSSR count). The molecule has 1 aliphatic heterocycles. The summed E-state index contributed by atoms with van der Waals surface area (Å²) in [7, 11) is 0. The van der Waals surface area contributed by atoms with Gasteiger partial charge in [0.05, 0.1) is 29.3 Å². The fraction of sp³-hybridized carbons (Fsp3) is 0.364.